The first-order chi connectivity index (χ1) is 22.4. The van der Waals surface area contributed by atoms with Gasteiger partial charge in [0.25, 0.3) is 0 Å². The maximum Gasteiger partial charge on any atom is 0.310 e. The molecule has 0 saturated carbocycles. The number of phenols is 1. The van der Waals surface area contributed by atoms with Crippen LogP contribution in [0, 0.1) is 11.8 Å². The van der Waals surface area contributed by atoms with Crippen molar-refractivity contribution in [2.45, 2.75) is 49.0 Å². The summed E-state index contributed by atoms with van der Waals surface area (Å²) >= 11 is 1.46. The van der Waals surface area contributed by atoms with E-state index in [0.29, 0.717) is 28.2 Å². The number of ether oxygens (including phenoxy) is 9. The Balaban J connectivity index is 1.16. The SMILES string of the molecule is COc1cc([C@@H]2c3cc4c(cc3[C@@H](O[C@@H]3O[C@@H]5COC(c6cccs6)OC5[C@H](O)[C@H]3O)[C@H]3COC(=O)[C@H]23)OCO4)cc(OC)c1O. The monoisotopic (exact) mass is 656 g/mol. The molecular formula is C32H32O13S. The van der Waals surface area contributed by atoms with E-state index in [1.807, 2.05) is 23.6 Å². The highest BCUT2D eigenvalue weighted by atomic mass is 32.1. The Hall–Kier alpha value is -3.63. The number of carbonyl (C=O) groups excluding carboxylic acids is 1. The molecule has 1 aliphatic carbocycles. The van der Waals surface area contributed by atoms with Crippen LogP contribution >= 0.6 is 11.3 Å². The van der Waals surface area contributed by atoms with Gasteiger partial charge < -0.3 is 58.0 Å². The van der Waals surface area contributed by atoms with E-state index in [4.69, 9.17) is 42.6 Å². The molecule has 3 aromatic rings. The fraction of sp³-hybridized carbons (Fsp3) is 0.469. The molecule has 0 spiro atoms. The van der Waals surface area contributed by atoms with Crippen LogP contribution < -0.4 is 18.9 Å². The first-order valence-corrected chi connectivity index (χ1v) is 15.8. The number of rotatable bonds is 6. The van der Waals surface area contributed by atoms with Crippen LogP contribution in [0.25, 0.3) is 0 Å². The van der Waals surface area contributed by atoms with E-state index in [0.717, 1.165) is 4.88 Å². The van der Waals surface area contributed by atoms with Crippen molar-refractivity contribution in [3.05, 3.63) is 63.3 Å². The highest BCUT2D eigenvalue weighted by Crippen LogP contribution is 2.57. The number of hydrogen-bond donors (Lipinski definition) is 3. The molecule has 8 rings (SSSR count). The summed E-state index contributed by atoms with van der Waals surface area (Å²) in [4.78, 5) is 14.3. The Labute approximate surface area is 267 Å². The van der Waals surface area contributed by atoms with E-state index in [-0.39, 0.29) is 37.3 Å². The number of benzene rings is 2. The third-order valence-corrected chi connectivity index (χ3v) is 10.3. The van der Waals surface area contributed by atoms with E-state index in [1.165, 1.54) is 25.6 Å². The van der Waals surface area contributed by atoms with Gasteiger partial charge >= 0.3 is 5.97 Å². The molecule has 5 aliphatic rings. The summed E-state index contributed by atoms with van der Waals surface area (Å²) in [6.45, 7) is 0.171. The molecule has 46 heavy (non-hydrogen) atoms. The molecule has 5 heterocycles. The van der Waals surface area contributed by atoms with E-state index >= 15 is 0 Å². The summed E-state index contributed by atoms with van der Waals surface area (Å²) in [5.74, 6) is -1.08. The second-order valence-electron chi connectivity index (χ2n) is 11.8. The lowest BCUT2D eigenvalue weighted by molar-refractivity contribution is -0.368. The summed E-state index contributed by atoms with van der Waals surface area (Å²) in [5.41, 5.74) is 2.00. The Bertz CT molecular complexity index is 1600. The highest BCUT2D eigenvalue weighted by molar-refractivity contribution is 7.10. The summed E-state index contributed by atoms with van der Waals surface area (Å²) < 4.78 is 52.6. The third kappa shape index (κ3) is 4.70. The van der Waals surface area contributed by atoms with Crippen LogP contribution in [-0.2, 0) is 28.5 Å². The van der Waals surface area contributed by atoms with Crippen molar-refractivity contribution in [1.82, 2.24) is 0 Å². The Kier molecular flexibility index (Phi) is 7.48. The van der Waals surface area contributed by atoms with E-state index in [1.54, 1.807) is 18.2 Å². The lowest BCUT2D eigenvalue weighted by Gasteiger charge is -2.48. The molecule has 1 aromatic heterocycles. The lowest BCUT2D eigenvalue weighted by atomic mass is 9.66. The molecule has 13 nitrogen and oxygen atoms in total. The van der Waals surface area contributed by atoms with Gasteiger partial charge in [0.15, 0.2) is 35.6 Å². The van der Waals surface area contributed by atoms with Crippen LogP contribution in [0.1, 0.15) is 39.9 Å². The zero-order valence-corrected chi connectivity index (χ0v) is 25.6. The molecule has 4 aliphatic heterocycles. The summed E-state index contributed by atoms with van der Waals surface area (Å²) in [6.07, 6.45) is -7.16. The van der Waals surface area contributed by atoms with Crippen molar-refractivity contribution in [1.29, 1.82) is 0 Å². The molecule has 10 atom stereocenters. The number of aromatic hydroxyl groups is 1. The van der Waals surface area contributed by atoms with Crippen molar-refractivity contribution in [2.75, 3.05) is 34.2 Å². The normalized spacial score (nSPS) is 34.3. The van der Waals surface area contributed by atoms with Gasteiger partial charge in [0.2, 0.25) is 12.5 Å². The molecule has 0 bridgehead atoms. The number of methoxy groups -OCH3 is 2. The predicted octanol–water partition coefficient (Wildman–Crippen LogP) is 2.75. The number of aliphatic hydroxyl groups excluding tert-OH is 2. The third-order valence-electron chi connectivity index (χ3n) is 9.37. The van der Waals surface area contributed by atoms with Crippen LogP contribution in [-0.4, -0.2) is 86.2 Å². The fourth-order valence-electron chi connectivity index (χ4n) is 7.18. The minimum absolute atomic E-state index is 0.0242. The van der Waals surface area contributed by atoms with Gasteiger partial charge in [-0.2, -0.15) is 0 Å². The van der Waals surface area contributed by atoms with Crippen molar-refractivity contribution in [2.24, 2.45) is 11.8 Å². The summed E-state index contributed by atoms with van der Waals surface area (Å²) in [7, 11) is 2.86. The number of fused-ring (bicyclic) bond motifs is 4. The van der Waals surface area contributed by atoms with Crippen molar-refractivity contribution in [3.63, 3.8) is 0 Å². The Morgan fingerprint density at radius 3 is 2.35 bits per heavy atom. The lowest BCUT2D eigenvalue weighted by Crippen LogP contribution is -2.62. The Morgan fingerprint density at radius 2 is 1.65 bits per heavy atom. The van der Waals surface area contributed by atoms with Gasteiger partial charge in [-0.1, -0.05) is 6.07 Å². The molecule has 2 unspecified atom stereocenters. The van der Waals surface area contributed by atoms with Crippen LogP contribution in [0.5, 0.6) is 28.7 Å². The predicted molar refractivity (Wildman–Crippen MR) is 156 cm³/mol. The number of aliphatic hydroxyl groups is 2. The average Bonchev–Trinajstić information content (AvgIpc) is 3.85. The number of phenolic OH excluding ortho intramolecular Hbond substituents is 1. The summed E-state index contributed by atoms with van der Waals surface area (Å²) in [6, 6.07) is 10.7. The molecule has 3 saturated heterocycles. The standard InChI is InChI=1S/C32H32O13S/c1-37-19-6-13(7-20(38-2)25(19)33)23-14-8-17-18(42-12-41-17)9-15(14)28(16-10-39-30(36)24(16)23)44-32-27(35)26(34)29-21(43-32)11-40-31(45-29)22-4-3-5-46-22/h3-9,16,21,23-24,26-29,31-35H,10-12H2,1-2H3/t16-,21+,23+,24-,26+,27+,28+,29?,31?,32-/m0/s1. The molecule has 2 aromatic carbocycles. The molecule has 244 valence electrons. The topological polar surface area (TPSA) is 161 Å². The average molecular weight is 657 g/mol. The molecule has 14 heteroatoms. The molecule has 0 amide bonds. The van der Waals surface area contributed by atoms with E-state index in [9.17, 15) is 20.1 Å². The minimum atomic E-state index is -1.47. The second-order valence-corrected chi connectivity index (χ2v) is 12.7. The second kappa shape index (κ2) is 11.6. The van der Waals surface area contributed by atoms with Crippen LogP contribution in [0.4, 0.5) is 0 Å². The van der Waals surface area contributed by atoms with Crippen molar-refractivity contribution < 1.29 is 62.7 Å². The number of cyclic esters (lactones) is 1. The first kappa shape index (κ1) is 29.8. The highest BCUT2D eigenvalue weighted by Gasteiger charge is 2.56. The van der Waals surface area contributed by atoms with E-state index in [2.05, 4.69) is 0 Å². The number of thiophene rings is 1. The fourth-order valence-corrected chi connectivity index (χ4v) is 7.89. The van der Waals surface area contributed by atoms with Gasteiger partial charge in [0.1, 0.15) is 24.4 Å². The quantitative estimate of drug-likeness (QED) is 0.333. The van der Waals surface area contributed by atoms with E-state index < -0.39 is 66.8 Å². The van der Waals surface area contributed by atoms with Gasteiger partial charge in [-0.25, -0.2) is 0 Å². The van der Waals surface area contributed by atoms with Gasteiger partial charge in [-0.3, -0.25) is 4.79 Å². The largest absolute Gasteiger partial charge is 0.502 e. The van der Waals surface area contributed by atoms with Crippen LogP contribution in [0.15, 0.2) is 41.8 Å². The number of carbonyl (C=O) groups is 1. The van der Waals surface area contributed by atoms with Crippen LogP contribution in [0.3, 0.4) is 0 Å². The van der Waals surface area contributed by atoms with Gasteiger partial charge in [-0.05, 0) is 52.4 Å². The zero-order valence-electron chi connectivity index (χ0n) is 24.8. The van der Waals surface area contributed by atoms with Crippen LogP contribution in [0.2, 0.25) is 0 Å². The number of esters is 1. The minimum Gasteiger partial charge on any atom is -0.502 e. The zero-order chi connectivity index (χ0) is 31.7. The van der Waals surface area contributed by atoms with Crippen molar-refractivity contribution in [3.8, 4) is 28.7 Å². The maximum absolute atomic E-state index is 13.5. The smallest absolute Gasteiger partial charge is 0.310 e. The first-order valence-electron chi connectivity index (χ1n) is 14.9. The molecule has 3 fully saturated rings. The maximum atomic E-state index is 13.5. The summed E-state index contributed by atoms with van der Waals surface area (Å²) in [5, 5.41) is 35.0. The number of hydrogen-bond acceptors (Lipinski definition) is 14. The van der Waals surface area contributed by atoms with Gasteiger partial charge in [-0.15, -0.1) is 11.3 Å². The molecule has 0 radical (unpaired) electrons. The van der Waals surface area contributed by atoms with Crippen molar-refractivity contribution >= 4 is 17.3 Å². The van der Waals surface area contributed by atoms with Gasteiger partial charge in [0, 0.05) is 11.8 Å². The van der Waals surface area contributed by atoms with Gasteiger partial charge in [0.05, 0.1) is 44.3 Å². The molecular weight excluding hydrogens is 624 g/mol. The molecule has 3 N–H and O–H groups in total. The Morgan fingerprint density at radius 1 is 0.913 bits per heavy atom.